The van der Waals surface area contributed by atoms with Gasteiger partial charge in [-0.3, -0.25) is 5.43 Å². The van der Waals surface area contributed by atoms with Gasteiger partial charge in [0.1, 0.15) is 12.4 Å². The number of hydrogen-bond acceptors (Lipinski definition) is 5. The zero-order chi connectivity index (χ0) is 20.6. The molecule has 0 aliphatic carbocycles. The number of ether oxygens (including phenoxy) is 3. The highest BCUT2D eigenvalue weighted by Crippen LogP contribution is 2.29. The number of methoxy groups -OCH3 is 2. The second kappa shape index (κ2) is 10.0. The quantitative estimate of drug-likeness (QED) is 0.349. The van der Waals surface area contributed by atoms with E-state index in [0.29, 0.717) is 28.2 Å². The van der Waals surface area contributed by atoms with E-state index in [1.165, 1.54) is 0 Å². The molecule has 0 amide bonds. The number of hydrazone groups is 1. The third kappa shape index (κ3) is 5.79. The molecule has 0 bridgehead atoms. The van der Waals surface area contributed by atoms with E-state index in [1.54, 1.807) is 32.6 Å². The first-order valence-electron chi connectivity index (χ1n) is 8.77. The van der Waals surface area contributed by atoms with Crippen LogP contribution in [0.2, 0.25) is 10.0 Å². The Hall–Kier alpha value is -2.89. The van der Waals surface area contributed by atoms with E-state index in [9.17, 15) is 0 Å². The molecule has 0 heterocycles. The lowest BCUT2D eigenvalue weighted by Crippen LogP contribution is -1.99. The summed E-state index contributed by atoms with van der Waals surface area (Å²) >= 11 is 12.0. The van der Waals surface area contributed by atoms with Crippen molar-refractivity contribution in [3.8, 4) is 17.2 Å². The summed E-state index contributed by atoms with van der Waals surface area (Å²) in [5.41, 5.74) is 5.61. The van der Waals surface area contributed by atoms with Crippen molar-refractivity contribution >= 4 is 35.1 Å². The van der Waals surface area contributed by atoms with Crippen molar-refractivity contribution < 1.29 is 14.2 Å². The number of benzene rings is 3. The van der Waals surface area contributed by atoms with Crippen molar-refractivity contribution in [2.45, 2.75) is 6.61 Å². The van der Waals surface area contributed by atoms with E-state index in [-0.39, 0.29) is 0 Å². The molecular weight excluding hydrogens is 411 g/mol. The second-order valence-corrected chi connectivity index (χ2v) is 6.86. The standard InChI is InChI=1S/C22H20Cl2N2O3/c1-27-18-7-5-17(6-8-18)26-25-13-15-4-10-21(22(12-15)28-2)29-14-16-3-9-19(23)20(24)11-16/h3-13,26H,14H2,1-2H3/b25-13+. The molecule has 0 saturated heterocycles. The summed E-state index contributed by atoms with van der Waals surface area (Å²) in [5.74, 6) is 2.03. The van der Waals surface area contributed by atoms with Crippen molar-refractivity contribution in [1.29, 1.82) is 0 Å². The van der Waals surface area contributed by atoms with Crippen molar-refractivity contribution in [2.75, 3.05) is 19.6 Å². The third-order valence-electron chi connectivity index (χ3n) is 4.06. The SMILES string of the molecule is COc1ccc(N/N=C/c2ccc(OCc3ccc(Cl)c(Cl)c3)c(OC)c2)cc1. The van der Waals surface area contributed by atoms with Crippen LogP contribution in [0.25, 0.3) is 0 Å². The van der Waals surface area contributed by atoms with E-state index < -0.39 is 0 Å². The van der Waals surface area contributed by atoms with E-state index in [4.69, 9.17) is 37.4 Å². The average molecular weight is 431 g/mol. The summed E-state index contributed by atoms with van der Waals surface area (Å²) < 4.78 is 16.4. The summed E-state index contributed by atoms with van der Waals surface area (Å²) in [7, 11) is 3.23. The molecule has 0 aromatic heterocycles. The van der Waals surface area contributed by atoms with Crippen molar-refractivity contribution in [3.05, 3.63) is 81.8 Å². The Balaban J connectivity index is 1.63. The molecule has 0 radical (unpaired) electrons. The zero-order valence-electron chi connectivity index (χ0n) is 16.0. The molecule has 3 rings (SSSR count). The van der Waals surface area contributed by atoms with Gasteiger partial charge < -0.3 is 14.2 Å². The predicted octanol–water partition coefficient (Wildman–Crippen LogP) is 6.04. The molecular formula is C22H20Cl2N2O3. The van der Waals surface area contributed by atoms with Crippen molar-refractivity contribution in [2.24, 2.45) is 5.10 Å². The van der Waals surface area contributed by atoms with Crippen LogP contribution in [0.4, 0.5) is 5.69 Å². The molecule has 0 fully saturated rings. The predicted molar refractivity (Wildman–Crippen MR) is 118 cm³/mol. The topological polar surface area (TPSA) is 52.1 Å². The molecule has 0 saturated carbocycles. The smallest absolute Gasteiger partial charge is 0.161 e. The minimum Gasteiger partial charge on any atom is -0.497 e. The summed E-state index contributed by atoms with van der Waals surface area (Å²) in [6, 6.07) is 18.5. The van der Waals surface area contributed by atoms with Crippen LogP contribution >= 0.6 is 23.2 Å². The van der Waals surface area contributed by atoms with Crippen molar-refractivity contribution in [1.82, 2.24) is 0 Å². The number of hydrogen-bond donors (Lipinski definition) is 1. The average Bonchev–Trinajstić information content (AvgIpc) is 2.75. The molecule has 0 atom stereocenters. The van der Waals surface area contributed by atoms with E-state index >= 15 is 0 Å². The normalized spacial score (nSPS) is 10.8. The molecule has 0 unspecified atom stereocenters. The Morgan fingerprint density at radius 3 is 2.34 bits per heavy atom. The fourth-order valence-corrected chi connectivity index (χ4v) is 2.84. The first kappa shape index (κ1) is 20.8. The van der Waals surface area contributed by atoms with Crippen LogP contribution < -0.4 is 19.6 Å². The number of rotatable bonds is 8. The maximum absolute atomic E-state index is 6.04. The molecule has 150 valence electrons. The third-order valence-corrected chi connectivity index (χ3v) is 4.80. The summed E-state index contributed by atoms with van der Waals surface area (Å²) in [4.78, 5) is 0. The molecule has 0 aliphatic heterocycles. The summed E-state index contributed by atoms with van der Waals surface area (Å²) in [5, 5.41) is 5.25. The monoisotopic (exact) mass is 430 g/mol. The van der Waals surface area contributed by atoms with E-state index in [2.05, 4.69) is 10.5 Å². The van der Waals surface area contributed by atoms with Gasteiger partial charge in [0.2, 0.25) is 0 Å². The maximum Gasteiger partial charge on any atom is 0.161 e. The summed E-state index contributed by atoms with van der Waals surface area (Å²) in [6.45, 7) is 0.347. The first-order valence-corrected chi connectivity index (χ1v) is 9.52. The minimum absolute atomic E-state index is 0.347. The van der Waals surface area contributed by atoms with Gasteiger partial charge in [-0.15, -0.1) is 0 Å². The van der Waals surface area contributed by atoms with Gasteiger partial charge >= 0.3 is 0 Å². The molecule has 0 spiro atoms. The number of nitrogens with one attached hydrogen (secondary N) is 1. The van der Waals surface area contributed by atoms with Crippen LogP contribution in [0.3, 0.4) is 0 Å². The summed E-state index contributed by atoms with van der Waals surface area (Å²) in [6.07, 6.45) is 1.70. The van der Waals surface area contributed by atoms with Gasteiger partial charge in [0.15, 0.2) is 11.5 Å². The zero-order valence-corrected chi connectivity index (χ0v) is 17.5. The molecule has 7 heteroatoms. The van der Waals surface area contributed by atoms with Gasteiger partial charge in [-0.25, -0.2) is 0 Å². The minimum atomic E-state index is 0.347. The molecule has 5 nitrogen and oxygen atoms in total. The molecule has 1 N–H and O–H groups in total. The number of nitrogens with zero attached hydrogens (tertiary/aromatic N) is 1. The number of halogens is 2. The molecule has 0 aliphatic rings. The Kier molecular flexibility index (Phi) is 7.22. The highest BCUT2D eigenvalue weighted by molar-refractivity contribution is 6.42. The molecule has 3 aromatic carbocycles. The van der Waals surface area contributed by atoms with Gasteiger partial charge in [-0.2, -0.15) is 5.10 Å². The molecule has 3 aromatic rings. The Bertz CT molecular complexity index is 992. The largest absolute Gasteiger partial charge is 0.497 e. The van der Waals surface area contributed by atoms with Crippen LogP contribution in [-0.2, 0) is 6.61 Å². The fraction of sp³-hybridized carbons (Fsp3) is 0.136. The lowest BCUT2D eigenvalue weighted by Gasteiger charge is -2.12. The van der Waals surface area contributed by atoms with Crippen LogP contribution in [0.5, 0.6) is 17.2 Å². The van der Waals surface area contributed by atoms with Crippen LogP contribution in [0.15, 0.2) is 65.8 Å². The van der Waals surface area contributed by atoms with Gasteiger partial charge in [0.25, 0.3) is 0 Å². The fourth-order valence-electron chi connectivity index (χ4n) is 2.52. The lowest BCUT2D eigenvalue weighted by atomic mass is 10.2. The van der Waals surface area contributed by atoms with Gasteiger partial charge in [0.05, 0.1) is 36.2 Å². The second-order valence-electron chi connectivity index (χ2n) is 6.05. The Morgan fingerprint density at radius 1 is 0.862 bits per heavy atom. The van der Waals surface area contributed by atoms with E-state index in [0.717, 1.165) is 22.6 Å². The van der Waals surface area contributed by atoms with Crippen LogP contribution in [-0.4, -0.2) is 20.4 Å². The Labute approximate surface area is 179 Å². The highest BCUT2D eigenvalue weighted by Gasteiger charge is 2.07. The maximum atomic E-state index is 6.04. The van der Waals surface area contributed by atoms with Crippen molar-refractivity contribution in [3.63, 3.8) is 0 Å². The number of anilines is 1. The Morgan fingerprint density at radius 2 is 1.66 bits per heavy atom. The van der Waals surface area contributed by atoms with Gasteiger partial charge in [-0.05, 0) is 65.7 Å². The van der Waals surface area contributed by atoms with Gasteiger partial charge in [-0.1, -0.05) is 29.3 Å². The first-order chi connectivity index (χ1) is 14.1. The lowest BCUT2D eigenvalue weighted by molar-refractivity contribution is 0.284. The highest BCUT2D eigenvalue weighted by atomic mass is 35.5. The van der Waals surface area contributed by atoms with Crippen LogP contribution in [0.1, 0.15) is 11.1 Å². The molecule has 29 heavy (non-hydrogen) atoms. The van der Waals surface area contributed by atoms with Gasteiger partial charge in [0, 0.05) is 0 Å². The van der Waals surface area contributed by atoms with Crippen LogP contribution in [0, 0.1) is 0 Å². The van der Waals surface area contributed by atoms with E-state index in [1.807, 2.05) is 48.5 Å².